The number of amides is 2. The summed E-state index contributed by atoms with van der Waals surface area (Å²) in [6, 6.07) is 1.69. The molecule has 9 nitrogen and oxygen atoms in total. The van der Waals surface area contributed by atoms with Gasteiger partial charge in [-0.25, -0.2) is 0 Å². The molecule has 0 spiro atoms. The van der Waals surface area contributed by atoms with E-state index in [4.69, 9.17) is 14.6 Å². The lowest BCUT2D eigenvalue weighted by Crippen LogP contribution is -2.57. The van der Waals surface area contributed by atoms with Crippen LogP contribution < -0.4 is 14.8 Å². The molecule has 208 valence electrons. The number of methoxy groups -OCH3 is 1. The molecular formula is C24H32F3IN2O7. The molecule has 1 aliphatic rings. The number of aliphatic hydroxyl groups excluding tert-OH is 3. The van der Waals surface area contributed by atoms with Crippen molar-refractivity contribution in [2.24, 2.45) is 5.92 Å². The lowest BCUT2D eigenvalue weighted by molar-refractivity contribution is -0.173. The van der Waals surface area contributed by atoms with Crippen molar-refractivity contribution in [1.82, 2.24) is 10.2 Å². The molecule has 4 N–H and O–H groups in total. The minimum Gasteiger partial charge on any atom is -0.493 e. The maximum atomic E-state index is 13.5. The Labute approximate surface area is 226 Å². The van der Waals surface area contributed by atoms with Gasteiger partial charge in [0, 0.05) is 25.0 Å². The fraction of sp³-hybridized carbons (Fsp3) is 0.583. The highest BCUT2D eigenvalue weighted by molar-refractivity contribution is 14.1. The number of nitrogens with zero attached hydrogens (tertiary/aromatic N) is 1. The van der Waals surface area contributed by atoms with Gasteiger partial charge < -0.3 is 35.0 Å². The Bertz CT molecular complexity index is 988. The summed E-state index contributed by atoms with van der Waals surface area (Å²) in [5.74, 6) is -1.37. The average Bonchev–Trinajstić information content (AvgIpc) is 2.82. The molecule has 0 aliphatic heterocycles. The monoisotopic (exact) mass is 644 g/mol. The summed E-state index contributed by atoms with van der Waals surface area (Å²) >= 11 is 1.92. The first-order valence-corrected chi connectivity index (χ1v) is 12.7. The van der Waals surface area contributed by atoms with Crippen LogP contribution in [0.1, 0.15) is 32.3 Å². The molecule has 13 heteroatoms. The molecule has 0 saturated heterocycles. The summed E-state index contributed by atoms with van der Waals surface area (Å²) in [7, 11) is 1.36. The summed E-state index contributed by atoms with van der Waals surface area (Å²) in [5, 5.41) is 32.1. The summed E-state index contributed by atoms with van der Waals surface area (Å²) in [5.41, 5.74) is 0.519. The zero-order valence-electron chi connectivity index (χ0n) is 20.7. The van der Waals surface area contributed by atoms with Gasteiger partial charge in [0.25, 0.3) is 0 Å². The van der Waals surface area contributed by atoms with E-state index in [1.807, 2.05) is 22.6 Å². The fourth-order valence-electron chi connectivity index (χ4n) is 3.94. The van der Waals surface area contributed by atoms with Crippen LogP contribution in [-0.4, -0.2) is 83.3 Å². The van der Waals surface area contributed by atoms with E-state index in [0.29, 0.717) is 14.0 Å². The first-order chi connectivity index (χ1) is 17.3. The van der Waals surface area contributed by atoms with Crippen LogP contribution in [0.3, 0.4) is 0 Å². The van der Waals surface area contributed by atoms with Gasteiger partial charge in [0.05, 0.1) is 29.9 Å². The van der Waals surface area contributed by atoms with E-state index in [-0.39, 0.29) is 55.6 Å². The number of benzene rings is 1. The van der Waals surface area contributed by atoms with Crippen molar-refractivity contribution in [3.8, 4) is 11.5 Å². The van der Waals surface area contributed by atoms with Gasteiger partial charge in [-0.15, -0.1) is 0 Å². The summed E-state index contributed by atoms with van der Waals surface area (Å²) < 4.78 is 52.3. The van der Waals surface area contributed by atoms with Gasteiger partial charge in [-0.05, 0) is 52.3 Å². The molecule has 1 aromatic rings. The first kappa shape index (κ1) is 31.1. The van der Waals surface area contributed by atoms with Crippen LogP contribution in [0.4, 0.5) is 13.2 Å². The molecule has 0 radical (unpaired) electrons. The second-order valence-corrected chi connectivity index (χ2v) is 10.2. The zero-order valence-corrected chi connectivity index (χ0v) is 22.9. The van der Waals surface area contributed by atoms with Gasteiger partial charge >= 0.3 is 6.18 Å². The smallest absolute Gasteiger partial charge is 0.406 e. The third-order valence-corrected chi connectivity index (χ3v) is 6.39. The van der Waals surface area contributed by atoms with E-state index in [0.717, 1.165) is 0 Å². The number of hydrogen-bond donors (Lipinski definition) is 4. The van der Waals surface area contributed by atoms with Crippen molar-refractivity contribution >= 4 is 34.4 Å². The predicted octanol–water partition coefficient (Wildman–Crippen LogP) is 2.14. The van der Waals surface area contributed by atoms with Crippen molar-refractivity contribution in [1.29, 1.82) is 0 Å². The number of nitrogens with one attached hydrogen (secondary N) is 1. The van der Waals surface area contributed by atoms with Gasteiger partial charge in [0.2, 0.25) is 11.8 Å². The summed E-state index contributed by atoms with van der Waals surface area (Å²) in [4.78, 5) is 26.2. The zero-order chi connectivity index (χ0) is 27.9. The third kappa shape index (κ3) is 8.72. The standard InChI is InChI=1S/C24H32F3IN2O7/c1-13(2)6-20(33)30(12-24(25,26)27)17-9-15(23(35)29-4-5-31)10-18(21(17)34)37-22-16(28)7-14(11-32)8-19(22)36-3/h7-8,10,13,17-18,21,31-32,34H,4-6,9,11-12H2,1-3H3,(H,29,35). The second-order valence-electron chi connectivity index (χ2n) is 9.02. The maximum Gasteiger partial charge on any atom is 0.406 e. The highest BCUT2D eigenvalue weighted by Crippen LogP contribution is 2.37. The molecule has 2 rings (SSSR count). The van der Waals surface area contributed by atoms with Crippen LogP contribution in [-0.2, 0) is 16.2 Å². The number of carbonyl (C=O) groups excluding carboxylic acids is 2. The second kappa shape index (κ2) is 13.6. The van der Waals surface area contributed by atoms with Crippen molar-refractivity contribution in [2.45, 2.75) is 57.7 Å². The van der Waals surface area contributed by atoms with E-state index >= 15 is 0 Å². The number of alkyl halides is 3. The SMILES string of the molecule is COc1cc(CO)cc(I)c1OC1C=C(C(=O)NCCO)CC(N(CC(F)(F)F)C(=O)CC(C)C)C1O. The molecule has 2 amide bonds. The van der Waals surface area contributed by atoms with Gasteiger partial charge in [-0.1, -0.05) is 13.8 Å². The quantitative estimate of drug-likeness (QED) is 0.272. The molecule has 0 aromatic heterocycles. The number of hydrogen-bond acceptors (Lipinski definition) is 7. The lowest BCUT2D eigenvalue weighted by Gasteiger charge is -2.41. The van der Waals surface area contributed by atoms with E-state index in [2.05, 4.69) is 5.32 Å². The fourth-order valence-corrected chi connectivity index (χ4v) is 4.74. The Hall–Kier alpha value is -2.10. The van der Waals surface area contributed by atoms with Gasteiger partial charge in [-0.3, -0.25) is 9.59 Å². The molecule has 1 aromatic carbocycles. The van der Waals surface area contributed by atoms with Crippen LogP contribution in [0, 0.1) is 9.49 Å². The van der Waals surface area contributed by atoms with Crippen LogP contribution in [0.25, 0.3) is 0 Å². The number of aliphatic hydroxyl groups is 3. The van der Waals surface area contributed by atoms with Crippen molar-refractivity contribution < 1.29 is 47.6 Å². The van der Waals surface area contributed by atoms with E-state index < -0.39 is 42.8 Å². The van der Waals surface area contributed by atoms with Crippen molar-refractivity contribution in [3.63, 3.8) is 0 Å². The normalized spacial score (nSPS) is 19.9. The van der Waals surface area contributed by atoms with Crippen LogP contribution in [0.5, 0.6) is 11.5 Å². The van der Waals surface area contributed by atoms with E-state index in [9.17, 15) is 33.0 Å². The van der Waals surface area contributed by atoms with Gasteiger partial charge in [0.15, 0.2) is 11.5 Å². The highest BCUT2D eigenvalue weighted by atomic mass is 127. The lowest BCUT2D eigenvalue weighted by atomic mass is 9.87. The molecule has 0 fully saturated rings. The van der Waals surface area contributed by atoms with Gasteiger partial charge in [-0.2, -0.15) is 13.2 Å². The number of rotatable bonds is 11. The van der Waals surface area contributed by atoms with E-state index in [1.54, 1.807) is 19.9 Å². The molecule has 1 aliphatic carbocycles. The van der Waals surface area contributed by atoms with Crippen LogP contribution in [0.15, 0.2) is 23.8 Å². The van der Waals surface area contributed by atoms with Gasteiger partial charge in [0.1, 0.15) is 18.8 Å². The molecule has 3 atom stereocenters. The summed E-state index contributed by atoms with van der Waals surface area (Å²) in [6.45, 7) is 1.03. The Morgan fingerprint density at radius 3 is 2.49 bits per heavy atom. The Balaban J connectivity index is 2.54. The van der Waals surface area contributed by atoms with E-state index in [1.165, 1.54) is 19.3 Å². The average molecular weight is 644 g/mol. The number of ether oxygens (including phenoxy) is 2. The summed E-state index contributed by atoms with van der Waals surface area (Å²) in [6.07, 6.45) is -6.93. The molecule has 37 heavy (non-hydrogen) atoms. The Morgan fingerprint density at radius 2 is 1.95 bits per heavy atom. The first-order valence-electron chi connectivity index (χ1n) is 11.6. The largest absolute Gasteiger partial charge is 0.493 e. The third-order valence-electron chi connectivity index (χ3n) is 5.59. The van der Waals surface area contributed by atoms with Crippen LogP contribution in [0.2, 0.25) is 0 Å². The van der Waals surface area contributed by atoms with Crippen molar-refractivity contribution in [3.05, 3.63) is 32.9 Å². The molecule has 0 bridgehead atoms. The maximum absolute atomic E-state index is 13.5. The molecular weight excluding hydrogens is 612 g/mol. The molecule has 0 saturated carbocycles. The molecule has 0 heterocycles. The predicted molar refractivity (Wildman–Crippen MR) is 136 cm³/mol. The van der Waals surface area contributed by atoms with Crippen LogP contribution >= 0.6 is 22.6 Å². The highest BCUT2D eigenvalue weighted by Gasteiger charge is 2.44. The Morgan fingerprint density at radius 1 is 1.27 bits per heavy atom. The topological polar surface area (TPSA) is 129 Å². The number of halogens is 4. The molecule has 3 unspecified atom stereocenters. The van der Waals surface area contributed by atoms with Crippen molar-refractivity contribution in [2.75, 3.05) is 26.8 Å². The minimum atomic E-state index is -4.75. The minimum absolute atomic E-state index is 0.000718. The Kier molecular flexibility index (Phi) is 11.5. The number of carbonyl (C=O) groups is 2.